The van der Waals surface area contributed by atoms with Crippen LogP contribution in [0.3, 0.4) is 0 Å². The van der Waals surface area contributed by atoms with Gasteiger partial charge in [-0.2, -0.15) is 0 Å². The predicted molar refractivity (Wildman–Crippen MR) is 82.7 cm³/mol. The van der Waals surface area contributed by atoms with Gasteiger partial charge >= 0.3 is 5.97 Å². The number of carbonyl (C=O) groups is 2. The van der Waals surface area contributed by atoms with Crippen molar-refractivity contribution in [3.63, 3.8) is 0 Å². The van der Waals surface area contributed by atoms with Crippen molar-refractivity contribution in [1.29, 1.82) is 0 Å². The Labute approximate surface area is 134 Å². The Kier molecular flexibility index (Phi) is 5.44. The molecular formula is C16H18ClNO4. The van der Waals surface area contributed by atoms with Gasteiger partial charge in [0.15, 0.2) is 6.61 Å². The van der Waals surface area contributed by atoms with Crippen LogP contribution in [0, 0.1) is 0 Å². The molecule has 1 N–H and O–H groups in total. The van der Waals surface area contributed by atoms with Crippen LogP contribution in [-0.2, 0) is 9.53 Å². The first-order chi connectivity index (χ1) is 10.5. The monoisotopic (exact) mass is 323 g/mol. The normalized spacial score (nSPS) is 13.6. The zero-order valence-electron chi connectivity index (χ0n) is 12.3. The zero-order valence-corrected chi connectivity index (χ0v) is 13.1. The molecule has 0 radical (unpaired) electrons. The Morgan fingerprint density at radius 1 is 1.41 bits per heavy atom. The first-order valence-corrected chi connectivity index (χ1v) is 7.55. The molecule has 0 fully saturated rings. The number of hydrogen-bond donors (Lipinski definition) is 1. The van der Waals surface area contributed by atoms with Gasteiger partial charge in [0.2, 0.25) is 0 Å². The number of hydrogen-bond acceptors (Lipinski definition) is 4. The lowest BCUT2D eigenvalue weighted by Crippen LogP contribution is -2.33. The Morgan fingerprint density at radius 2 is 2.18 bits per heavy atom. The van der Waals surface area contributed by atoms with Crippen LogP contribution in [0.1, 0.15) is 36.5 Å². The number of amides is 1. The van der Waals surface area contributed by atoms with Gasteiger partial charge in [0.05, 0.1) is 0 Å². The Hall–Kier alpha value is -2.01. The highest BCUT2D eigenvalue weighted by molar-refractivity contribution is 6.30. The van der Waals surface area contributed by atoms with E-state index in [0.717, 1.165) is 25.0 Å². The van der Waals surface area contributed by atoms with Crippen LogP contribution in [0.15, 0.2) is 30.0 Å². The minimum Gasteiger partial charge on any atom is -0.507 e. The van der Waals surface area contributed by atoms with Crippen LogP contribution < -0.4 is 0 Å². The number of nitrogens with zero attached hydrogens (tertiary/aromatic N) is 1. The van der Waals surface area contributed by atoms with E-state index >= 15 is 0 Å². The molecule has 0 saturated heterocycles. The summed E-state index contributed by atoms with van der Waals surface area (Å²) < 4.78 is 4.99. The molecule has 1 amide bonds. The highest BCUT2D eigenvalue weighted by Gasteiger charge is 2.21. The van der Waals surface area contributed by atoms with E-state index in [1.165, 1.54) is 18.2 Å². The maximum absolute atomic E-state index is 12.2. The SMILES string of the molecule is CCN(C(=O)COC(=O)c1ccc(Cl)cc1O)C1=CCCC1. The van der Waals surface area contributed by atoms with E-state index in [1.807, 2.05) is 13.0 Å². The molecule has 5 nitrogen and oxygen atoms in total. The standard InChI is InChI=1S/C16H18ClNO4/c1-2-18(12-5-3-4-6-12)15(20)10-22-16(21)13-8-7-11(17)9-14(13)19/h5,7-9,19H,2-4,6,10H2,1H3. The maximum Gasteiger partial charge on any atom is 0.342 e. The average molecular weight is 324 g/mol. The summed E-state index contributed by atoms with van der Waals surface area (Å²) in [6.07, 6.45) is 4.91. The second-order valence-corrected chi connectivity index (χ2v) is 5.40. The van der Waals surface area contributed by atoms with Crippen LogP contribution in [0.5, 0.6) is 5.75 Å². The van der Waals surface area contributed by atoms with Gasteiger partial charge in [-0.1, -0.05) is 17.7 Å². The van der Waals surface area contributed by atoms with Crippen LogP contribution in [0.4, 0.5) is 0 Å². The fourth-order valence-corrected chi connectivity index (χ4v) is 2.57. The molecule has 0 aliphatic heterocycles. The van der Waals surface area contributed by atoms with Gasteiger partial charge in [-0.3, -0.25) is 4.79 Å². The quantitative estimate of drug-likeness (QED) is 0.845. The largest absolute Gasteiger partial charge is 0.507 e. The Morgan fingerprint density at radius 3 is 2.77 bits per heavy atom. The van der Waals surface area contributed by atoms with Crippen molar-refractivity contribution >= 4 is 23.5 Å². The first-order valence-electron chi connectivity index (χ1n) is 7.18. The fourth-order valence-electron chi connectivity index (χ4n) is 2.40. The summed E-state index contributed by atoms with van der Waals surface area (Å²) in [5.41, 5.74) is 0.971. The Bertz CT molecular complexity index is 612. The van der Waals surface area contributed by atoms with Crippen molar-refractivity contribution < 1.29 is 19.4 Å². The van der Waals surface area contributed by atoms with Crippen molar-refractivity contribution in [2.24, 2.45) is 0 Å². The summed E-state index contributed by atoms with van der Waals surface area (Å²) in [5, 5.41) is 9.98. The summed E-state index contributed by atoms with van der Waals surface area (Å²) in [6, 6.07) is 4.09. The number of halogens is 1. The first kappa shape index (κ1) is 16.4. The van der Waals surface area contributed by atoms with Gasteiger partial charge in [-0.25, -0.2) is 4.79 Å². The minimum atomic E-state index is -0.751. The van der Waals surface area contributed by atoms with Crippen molar-refractivity contribution in [1.82, 2.24) is 4.90 Å². The van der Waals surface area contributed by atoms with E-state index in [-0.39, 0.29) is 23.8 Å². The predicted octanol–water partition coefficient (Wildman–Crippen LogP) is 3.12. The number of esters is 1. The molecule has 1 aromatic carbocycles. The van der Waals surface area contributed by atoms with Gasteiger partial charge in [-0.15, -0.1) is 0 Å². The molecule has 0 aromatic heterocycles. The number of aromatic hydroxyl groups is 1. The van der Waals surface area contributed by atoms with Crippen molar-refractivity contribution in [2.45, 2.75) is 26.2 Å². The summed E-state index contributed by atoms with van der Waals surface area (Å²) in [6.45, 7) is 2.06. The fraction of sp³-hybridized carbons (Fsp3) is 0.375. The lowest BCUT2D eigenvalue weighted by Gasteiger charge is -2.22. The van der Waals surface area contributed by atoms with Gasteiger partial charge in [-0.05, 0) is 44.4 Å². The molecule has 0 heterocycles. The van der Waals surface area contributed by atoms with Gasteiger partial charge in [0, 0.05) is 17.3 Å². The topological polar surface area (TPSA) is 66.8 Å². The lowest BCUT2D eigenvalue weighted by atomic mass is 10.2. The highest BCUT2D eigenvalue weighted by atomic mass is 35.5. The molecule has 0 spiro atoms. The van der Waals surface area contributed by atoms with E-state index in [9.17, 15) is 14.7 Å². The molecule has 2 rings (SSSR count). The summed E-state index contributed by atoms with van der Waals surface area (Å²) in [5.74, 6) is -1.28. The number of phenolic OH excluding ortho intramolecular Hbond substituents is 1. The number of carbonyl (C=O) groups excluding carboxylic acids is 2. The molecule has 6 heteroatoms. The number of benzene rings is 1. The van der Waals surface area contributed by atoms with Gasteiger partial charge in [0.1, 0.15) is 11.3 Å². The van der Waals surface area contributed by atoms with E-state index in [2.05, 4.69) is 0 Å². The molecular weight excluding hydrogens is 306 g/mol. The van der Waals surface area contributed by atoms with E-state index in [4.69, 9.17) is 16.3 Å². The number of allylic oxidation sites excluding steroid dienone is 2. The molecule has 118 valence electrons. The highest BCUT2D eigenvalue weighted by Crippen LogP contribution is 2.23. The average Bonchev–Trinajstić information content (AvgIpc) is 2.99. The van der Waals surface area contributed by atoms with Crippen LogP contribution >= 0.6 is 11.6 Å². The minimum absolute atomic E-state index is 0.0136. The second-order valence-electron chi connectivity index (χ2n) is 4.96. The molecule has 22 heavy (non-hydrogen) atoms. The summed E-state index contributed by atoms with van der Waals surface area (Å²) in [7, 11) is 0. The second kappa shape index (κ2) is 7.31. The van der Waals surface area contributed by atoms with E-state index < -0.39 is 5.97 Å². The van der Waals surface area contributed by atoms with E-state index in [1.54, 1.807) is 4.90 Å². The van der Waals surface area contributed by atoms with E-state index in [0.29, 0.717) is 11.6 Å². The third-order valence-corrected chi connectivity index (χ3v) is 3.72. The molecule has 1 aromatic rings. The molecule has 0 unspecified atom stereocenters. The maximum atomic E-state index is 12.2. The zero-order chi connectivity index (χ0) is 16.1. The molecule has 0 atom stereocenters. The van der Waals surface area contributed by atoms with Crippen LogP contribution in [0.2, 0.25) is 5.02 Å². The number of likely N-dealkylation sites (N-methyl/N-ethyl adjacent to an activating group) is 1. The molecule has 1 aliphatic carbocycles. The molecule has 1 aliphatic rings. The third-order valence-electron chi connectivity index (χ3n) is 3.49. The Balaban J connectivity index is 1.96. The van der Waals surface area contributed by atoms with Crippen molar-refractivity contribution in [3.05, 3.63) is 40.6 Å². The molecule has 0 bridgehead atoms. The van der Waals surface area contributed by atoms with Crippen LogP contribution in [0.25, 0.3) is 0 Å². The van der Waals surface area contributed by atoms with Crippen molar-refractivity contribution in [2.75, 3.05) is 13.2 Å². The van der Waals surface area contributed by atoms with Crippen molar-refractivity contribution in [3.8, 4) is 5.75 Å². The number of ether oxygens (including phenoxy) is 1. The van der Waals surface area contributed by atoms with Gasteiger partial charge in [0.25, 0.3) is 5.91 Å². The van der Waals surface area contributed by atoms with Gasteiger partial charge < -0.3 is 14.7 Å². The smallest absolute Gasteiger partial charge is 0.342 e. The summed E-state index contributed by atoms with van der Waals surface area (Å²) >= 11 is 5.70. The van der Waals surface area contributed by atoms with Crippen LogP contribution in [-0.4, -0.2) is 35.0 Å². The lowest BCUT2D eigenvalue weighted by molar-refractivity contribution is -0.132. The number of phenols is 1. The number of rotatable bonds is 5. The molecule has 0 saturated carbocycles. The third kappa shape index (κ3) is 3.80. The summed E-state index contributed by atoms with van der Waals surface area (Å²) in [4.78, 5) is 25.7.